The molecule has 0 atom stereocenters. The van der Waals surface area contributed by atoms with Crippen LogP contribution in [0.4, 0.5) is 5.13 Å². The van der Waals surface area contributed by atoms with Crippen LogP contribution in [-0.4, -0.2) is 17.0 Å². The first-order chi connectivity index (χ1) is 9.97. The molecule has 0 aliphatic rings. The summed E-state index contributed by atoms with van der Waals surface area (Å²) in [5.74, 6) is 1.07. The van der Waals surface area contributed by atoms with Crippen molar-refractivity contribution in [2.45, 2.75) is 32.6 Å². The van der Waals surface area contributed by atoms with Crippen molar-refractivity contribution >= 4 is 35.0 Å². The topological polar surface area (TPSA) is 51.2 Å². The lowest BCUT2D eigenvalue weighted by molar-refractivity contribution is 0.102. The van der Waals surface area contributed by atoms with Crippen LogP contribution in [0.2, 0.25) is 0 Å². The predicted octanol–water partition coefficient (Wildman–Crippen LogP) is 3.92. The van der Waals surface area contributed by atoms with Crippen LogP contribution in [-0.2, 0) is 5.75 Å². The van der Waals surface area contributed by atoms with Gasteiger partial charge in [-0.1, -0.05) is 0 Å². The molecule has 0 unspecified atom stereocenters. The number of ether oxygens (including phenoxy) is 1. The summed E-state index contributed by atoms with van der Waals surface area (Å²) in [4.78, 5) is 16.5. The van der Waals surface area contributed by atoms with Crippen LogP contribution in [0.5, 0.6) is 5.75 Å². The number of rotatable bonds is 5. The Hall–Kier alpha value is -1.53. The second-order valence-electron chi connectivity index (χ2n) is 4.96. The number of aromatic nitrogens is 1. The molecule has 1 N–H and O–H groups in total. The van der Waals surface area contributed by atoms with Crippen LogP contribution in [0.25, 0.3) is 0 Å². The SMILES string of the molecule is Cc1cc(OC(C)C)cc(C(=O)Nc2nc(CS)cs2)c1. The van der Waals surface area contributed by atoms with Gasteiger partial charge in [0.1, 0.15) is 5.75 Å². The van der Waals surface area contributed by atoms with Gasteiger partial charge < -0.3 is 4.74 Å². The number of carbonyl (C=O) groups excluding carboxylic acids is 1. The third-order valence-corrected chi connectivity index (χ3v) is 3.75. The Labute approximate surface area is 134 Å². The molecule has 0 saturated carbocycles. The predicted molar refractivity (Wildman–Crippen MR) is 89.7 cm³/mol. The highest BCUT2D eigenvalue weighted by Crippen LogP contribution is 2.21. The smallest absolute Gasteiger partial charge is 0.257 e. The van der Waals surface area contributed by atoms with E-state index in [0.717, 1.165) is 11.3 Å². The van der Waals surface area contributed by atoms with Crippen LogP contribution < -0.4 is 10.1 Å². The molecular weight excluding hydrogens is 304 g/mol. The molecule has 1 aromatic carbocycles. The van der Waals surface area contributed by atoms with Crippen molar-refractivity contribution < 1.29 is 9.53 Å². The van der Waals surface area contributed by atoms with Gasteiger partial charge in [-0.05, 0) is 44.5 Å². The number of nitrogens with one attached hydrogen (secondary N) is 1. The summed E-state index contributed by atoms with van der Waals surface area (Å²) in [6, 6.07) is 5.49. The van der Waals surface area contributed by atoms with Gasteiger partial charge in [-0.15, -0.1) is 11.3 Å². The molecule has 6 heteroatoms. The zero-order valence-electron chi connectivity index (χ0n) is 12.2. The number of hydrogen-bond acceptors (Lipinski definition) is 5. The number of hydrogen-bond donors (Lipinski definition) is 2. The molecule has 0 spiro atoms. The summed E-state index contributed by atoms with van der Waals surface area (Å²) in [5, 5.41) is 5.26. The van der Waals surface area contributed by atoms with Crippen LogP contribution in [0.3, 0.4) is 0 Å². The first kappa shape index (κ1) is 15.9. The van der Waals surface area contributed by atoms with Gasteiger partial charge in [-0.25, -0.2) is 4.98 Å². The average molecular weight is 322 g/mol. The fourth-order valence-electron chi connectivity index (χ4n) is 1.83. The molecule has 2 rings (SSSR count). The van der Waals surface area contributed by atoms with Crippen molar-refractivity contribution in [2.24, 2.45) is 0 Å². The van der Waals surface area contributed by atoms with E-state index in [0.29, 0.717) is 22.2 Å². The highest BCUT2D eigenvalue weighted by Gasteiger charge is 2.11. The molecule has 0 saturated heterocycles. The van der Waals surface area contributed by atoms with Crippen LogP contribution in [0.1, 0.15) is 35.5 Å². The lowest BCUT2D eigenvalue weighted by atomic mass is 10.1. The number of thiol groups is 1. The van der Waals surface area contributed by atoms with Gasteiger partial charge in [0, 0.05) is 16.7 Å². The van der Waals surface area contributed by atoms with Crippen molar-refractivity contribution in [1.29, 1.82) is 0 Å². The minimum absolute atomic E-state index is 0.0691. The van der Waals surface area contributed by atoms with Crippen molar-refractivity contribution in [3.63, 3.8) is 0 Å². The Balaban J connectivity index is 2.16. The van der Waals surface area contributed by atoms with Crippen molar-refractivity contribution in [2.75, 3.05) is 5.32 Å². The molecule has 1 aromatic heterocycles. The number of anilines is 1. The van der Waals surface area contributed by atoms with Gasteiger partial charge in [0.05, 0.1) is 11.8 Å². The summed E-state index contributed by atoms with van der Waals surface area (Å²) >= 11 is 5.55. The largest absolute Gasteiger partial charge is 0.491 e. The minimum Gasteiger partial charge on any atom is -0.491 e. The van der Waals surface area contributed by atoms with Crippen molar-refractivity contribution in [1.82, 2.24) is 4.98 Å². The number of amides is 1. The highest BCUT2D eigenvalue weighted by atomic mass is 32.1. The highest BCUT2D eigenvalue weighted by molar-refractivity contribution is 7.79. The normalized spacial score (nSPS) is 10.7. The van der Waals surface area contributed by atoms with E-state index in [1.165, 1.54) is 11.3 Å². The number of thiazole rings is 1. The molecule has 0 bridgehead atoms. The van der Waals surface area contributed by atoms with Crippen molar-refractivity contribution in [3.8, 4) is 5.75 Å². The molecule has 1 heterocycles. The van der Waals surface area contributed by atoms with Gasteiger partial charge in [0.25, 0.3) is 5.91 Å². The second-order valence-corrected chi connectivity index (χ2v) is 6.13. The fraction of sp³-hybridized carbons (Fsp3) is 0.333. The quantitative estimate of drug-likeness (QED) is 0.820. The fourth-order valence-corrected chi connectivity index (χ4v) is 2.82. The maximum absolute atomic E-state index is 12.3. The van der Waals surface area contributed by atoms with E-state index in [1.54, 1.807) is 6.07 Å². The molecule has 4 nitrogen and oxygen atoms in total. The van der Waals surface area contributed by atoms with Gasteiger partial charge in [0.15, 0.2) is 5.13 Å². The summed E-state index contributed by atoms with van der Waals surface area (Å²) in [6.07, 6.45) is 0.0691. The number of carbonyl (C=O) groups is 1. The molecule has 1 amide bonds. The van der Waals surface area contributed by atoms with Gasteiger partial charge in [0.2, 0.25) is 0 Å². The van der Waals surface area contributed by atoms with E-state index in [-0.39, 0.29) is 12.0 Å². The second kappa shape index (κ2) is 6.95. The van der Waals surface area contributed by atoms with Crippen LogP contribution in [0, 0.1) is 6.92 Å². The number of aryl methyl sites for hydroxylation is 1. The molecule has 0 aliphatic heterocycles. The Morgan fingerprint density at radius 2 is 2.19 bits per heavy atom. The summed E-state index contributed by atoms with van der Waals surface area (Å²) in [5.41, 5.74) is 2.40. The maximum Gasteiger partial charge on any atom is 0.257 e. The monoisotopic (exact) mass is 322 g/mol. The number of nitrogens with zero attached hydrogens (tertiary/aromatic N) is 1. The average Bonchev–Trinajstić information content (AvgIpc) is 2.84. The molecule has 0 radical (unpaired) electrons. The Bertz CT molecular complexity index is 638. The Kier molecular flexibility index (Phi) is 5.25. The molecule has 21 heavy (non-hydrogen) atoms. The lowest BCUT2D eigenvalue weighted by Crippen LogP contribution is -2.13. The molecule has 112 valence electrons. The minimum atomic E-state index is -0.188. The molecule has 2 aromatic rings. The molecule has 0 fully saturated rings. The summed E-state index contributed by atoms with van der Waals surface area (Å²) < 4.78 is 5.65. The Morgan fingerprint density at radius 3 is 2.81 bits per heavy atom. The maximum atomic E-state index is 12.3. The Morgan fingerprint density at radius 1 is 1.43 bits per heavy atom. The zero-order chi connectivity index (χ0) is 15.4. The van der Waals surface area contributed by atoms with Crippen LogP contribution in [0.15, 0.2) is 23.6 Å². The number of benzene rings is 1. The third-order valence-electron chi connectivity index (χ3n) is 2.62. The zero-order valence-corrected chi connectivity index (χ0v) is 13.9. The summed E-state index contributed by atoms with van der Waals surface area (Å²) in [6.45, 7) is 5.85. The summed E-state index contributed by atoms with van der Waals surface area (Å²) in [7, 11) is 0. The van der Waals surface area contributed by atoms with Crippen molar-refractivity contribution in [3.05, 3.63) is 40.4 Å². The molecule has 0 aliphatic carbocycles. The van der Waals surface area contributed by atoms with Crippen LogP contribution >= 0.6 is 24.0 Å². The van der Waals surface area contributed by atoms with Gasteiger partial charge in [-0.3, -0.25) is 10.1 Å². The first-order valence-corrected chi connectivity index (χ1v) is 8.14. The third kappa shape index (κ3) is 4.47. The van der Waals surface area contributed by atoms with E-state index in [9.17, 15) is 4.79 Å². The lowest BCUT2D eigenvalue weighted by Gasteiger charge is -2.12. The van der Waals surface area contributed by atoms with E-state index < -0.39 is 0 Å². The first-order valence-electron chi connectivity index (χ1n) is 6.63. The van der Waals surface area contributed by atoms with Gasteiger partial charge >= 0.3 is 0 Å². The molecular formula is C15H18N2O2S2. The standard InChI is InChI=1S/C15H18N2O2S2/c1-9(2)19-13-5-10(3)4-11(6-13)14(18)17-15-16-12(7-20)8-21-15/h4-6,8-9,20H,7H2,1-3H3,(H,16,17,18). The van der Waals surface area contributed by atoms with Gasteiger partial charge in [-0.2, -0.15) is 12.6 Å². The van der Waals surface area contributed by atoms with E-state index in [2.05, 4.69) is 22.9 Å². The van der Waals surface area contributed by atoms with E-state index in [4.69, 9.17) is 4.74 Å². The van der Waals surface area contributed by atoms with E-state index >= 15 is 0 Å². The van der Waals surface area contributed by atoms with E-state index in [1.807, 2.05) is 38.3 Å².